The number of ketones is 1. The lowest BCUT2D eigenvalue weighted by Crippen LogP contribution is -2.24. The van der Waals surface area contributed by atoms with Crippen LogP contribution in [-0.4, -0.2) is 42.0 Å². The van der Waals surface area contributed by atoms with Gasteiger partial charge < -0.3 is 10.0 Å². The summed E-state index contributed by atoms with van der Waals surface area (Å²) in [5.74, 6) is 0.811. The van der Waals surface area contributed by atoms with Crippen molar-refractivity contribution in [1.82, 2.24) is 4.90 Å². The van der Waals surface area contributed by atoms with E-state index in [4.69, 9.17) is 5.11 Å². The number of benzene rings is 1. The lowest BCUT2D eigenvalue weighted by Gasteiger charge is -2.15. The summed E-state index contributed by atoms with van der Waals surface area (Å²) in [6, 6.07) is 7.54. The maximum absolute atomic E-state index is 12.0. The molecule has 1 fully saturated rings. The molecule has 0 bridgehead atoms. The molecule has 4 heteroatoms. The maximum Gasteiger partial charge on any atom is 0.164 e. The second-order valence-corrected chi connectivity index (χ2v) is 6.06. The van der Waals surface area contributed by atoms with Crippen molar-refractivity contribution >= 4 is 21.7 Å². The Morgan fingerprint density at radius 3 is 2.79 bits per heavy atom. The number of halogens is 1. The zero-order valence-electron chi connectivity index (χ0n) is 11.0. The minimum atomic E-state index is 0.207. The van der Waals surface area contributed by atoms with Crippen molar-refractivity contribution in [3.63, 3.8) is 0 Å². The van der Waals surface area contributed by atoms with Crippen LogP contribution in [0.15, 0.2) is 28.7 Å². The molecule has 3 nitrogen and oxygen atoms in total. The van der Waals surface area contributed by atoms with Gasteiger partial charge in [0.1, 0.15) is 0 Å². The van der Waals surface area contributed by atoms with E-state index in [-0.39, 0.29) is 12.4 Å². The molecule has 0 aliphatic carbocycles. The fraction of sp³-hybridized carbons (Fsp3) is 0.533. The van der Waals surface area contributed by atoms with Gasteiger partial charge in [-0.25, -0.2) is 0 Å². The van der Waals surface area contributed by atoms with Crippen molar-refractivity contribution in [3.8, 4) is 0 Å². The standard InChI is InChI=1S/C15H20BrNO2/c16-14-3-1-13(2-4-14)15(19)6-9-17-8-5-12(11-17)7-10-18/h1-4,12,18H,5-11H2. The van der Waals surface area contributed by atoms with E-state index >= 15 is 0 Å². The van der Waals surface area contributed by atoms with Gasteiger partial charge in [0.15, 0.2) is 5.78 Å². The summed E-state index contributed by atoms with van der Waals surface area (Å²) in [6.45, 7) is 3.18. The molecule has 0 saturated carbocycles. The van der Waals surface area contributed by atoms with E-state index in [0.717, 1.165) is 42.5 Å². The number of nitrogens with zero attached hydrogens (tertiary/aromatic N) is 1. The highest BCUT2D eigenvalue weighted by atomic mass is 79.9. The normalized spacial score (nSPS) is 19.8. The molecule has 1 unspecified atom stereocenters. The fourth-order valence-corrected chi connectivity index (χ4v) is 2.84. The number of aliphatic hydroxyl groups is 1. The Labute approximate surface area is 122 Å². The van der Waals surface area contributed by atoms with E-state index in [2.05, 4.69) is 20.8 Å². The Balaban J connectivity index is 1.76. The van der Waals surface area contributed by atoms with Crippen LogP contribution in [0.2, 0.25) is 0 Å². The van der Waals surface area contributed by atoms with Crippen LogP contribution in [0.3, 0.4) is 0 Å². The minimum absolute atomic E-state index is 0.207. The first-order valence-electron chi connectivity index (χ1n) is 6.81. The van der Waals surface area contributed by atoms with Crippen molar-refractivity contribution in [3.05, 3.63) is 34.3 Å². The number of hydrogen-bond acceptors (Lipinski definition) is 3. The molecule has 1 aromatic carbocycles. The van der Waals surface area contributed by atoms with Crippen LogP contribution in [-0.2, 0) is 0 Å². The second-order valence-electron chi connectivity index (χ2n) is 5.15. The van der Waals surface area contributed by atoms with Crippen molar-refractivity contribution in [2.45, 2.75) is 19.3 Å². The van der Waals surface area contributed by atoms with E-state index in [9.17, 15) is 4.79 Å². The number of Topliss-reactive ketones (excluding diaryl/α,β-unsaturated/α-hetero) is 1. The average Bonchev–Trinajstić information content (AvgIpc) is 2.85. The van der Waals surface area contributed by atoms with E-state index < -0.39 is 0 Å². The molecule has 1 N–H and O–H groups in total. The van der Waals surface area contributed by atoms with E-state index in [0.29, 0.717) is 12.3 Å². The summed E-state index contributed by atoms with van der Waals surface area (Å²) in [5, 5.41) is 8.93. The molecule has 1 aromatic rings. The van der Waals surface area contributed by atoms with Crippen LogP contribution in [0.25, 0.3) is 0 Å². The van der Waals surface area contributed by atoms with Gasteiger partial charge in [-0.3, -0.25) is 4.79 Å². The van der Waals surface area contributed by atoms with Gasteiger partial charge in [0.05, 0.1) is 0 Å². The topological polar surface area (TPSA) is 40.5 Å². The van der Waals surface area contributed by atoms with Crippen LogP contribution in [0.5, 0.6) is 0 Å². The Kier molecular flexibility index (Phi) is 5.55. The largest absolute Gasteiger partial charge is 0.396 e. The van der Waals surface area contributed by atoms with Gasteiger partial charge in [-0.05, 0) is 37.4 Å². The molecule has 0 radical (unpaired) electrons. The third-order valence-electron chi connectivity index (χ3n) is 3.73. The molecule has 19 heavy (non-hydrogen) atoms. The highest BCUT2D eigenvalue weighted by Crippen LogP contribution is 2.19. The highest BCUT2D eigenvalue weighted by Gasteiger charge is 2.22. The Morgan fingerprint density at radius 2 is 2.11 bits per heavy atom. The molecule has 1 heterocycles. The minimum Gasteiger partial charge on any atom is -0.396 e. The van der Waals surface area contributed by atoms with Gasteiger partial charge in [0.2, 0.25) is 0 Å². The third kappa shape index (κ3) is 4.41. The Bertz CT molecular complexity index is 419. The predicted octanol–water partition coefficient (Wildman–Crippen LogP) is 2.73. The number of carbonyl (C=O) groups is 1. The van der Waals surface area contributed by atoms with Crippen LogP contribution >= 0.6 is 15.9 Å². The van der Waals surface area contributed by atoms with Crippen LogP contribution in [0.4, 0.5) is 0 Å². The van der Waals surface area contributed by atoms with Crippen molar-refractivity contribution < 1.29 is 9.90 Å². The van der Waals surface area contributed by atoms with Gasteiger partial charge in [-0.1, -0.05) is 28.1 Å². The van der Waals surface area contributed by atoms with Gasteiger partial charge in [0, 0.05) is 36.2 Å². The van der Waals surface area contributed by atoms with Gasteiger partial charge in [-0.2, -0.15) is 0 Å². The van der Waals surface area contributed by atoms with Gasteiger partial charge in [-0.15, -0.1) is 0 Å². The number of aliphatic hydroxyl groups excluding tert-OH is 1. The molecule has 1 saturated heterocycles. The van der Waals surface area contributed by atoms with Crippen molar-refractivity contribution in [1.29, 1.82) is 0 Å². The maximum atomic E-state index is 12.0. The predicted molar refractivity (Wildman–Crippen MR) is 79.3 cm³/mol. The molecule has 0 spiro atoms. The van der Waals surface area contributed by atoms with E-state index in [1.54, 1.807) is 0 Å². The lowest BCUT2D eigenvalue weighted by molar-refractivity contribution is 0.0967. The lowest BCUT2D eigenvalue weighted by atomic mass is 10.1. The number of hydrogen-bond donors (Lipinski definition) is 1. The molecule has 0 aromatic heterocycles. The average molecular weight is 326 g/mol. The van der Waals surface area contributed by atoms with Crippen LogP contribution in [0.1, 0.15) is 29.6 Å². The molecular weight excluding hydrogens is 306 g/mol. The van der Waals surface area contributed by atoms with Crippen LogP contribution < -0.4 is 0 Å². The molecular formula is C15H20BrNO2. The highest BCUT2D eigenvalue weighted by molar-refractivity contribution is 9.10. The smallest absolute Gasteiger partial charge is 0.164 e. The molecule has 1 atom stereocenters. The molecule has 1 aliphatic heterocycles. The number of likely N-dealkylation sites (tertiary alicyclic amines) is 1. The first-order valence-corrected chi connectivity index (χ1v) is 7.60. The number of carbonyl (C=O) groups excluding carboxylic acids is 1. The SMILES string of the molecule is O=C(CCN1CCC(CCO)C1)c1ccc(Br)cc1. The number of rotatable bonds is 6. The first kappa shape index (κ1) is 14.7. The summed E-state index contributed by atoms with van der Waals surface area (Å²) in [6.07, 6.45) is 2.61. The molecule has 104 valence electrons. The van der Waals surface area contributed by atoms with Crippen molar-refractivity contribution in [2.24, 2.45) is 5.92 Å². The zero-order chi connectivity index (χ0) is 13.7. The fourth-order valence-electron chi connectivity index (χ4n) is 2.57. The van der Waals surface area contributed by atoms with E-state index in [1.807, 2.05) is 24.3 Å². The molecule has 1 aliphatic rings. The summed E-state index contributed by atoms with van der Waals surface area (Å²) >= 11 is 3.37. The monoisotopic (exact) mass is 325 g/mol. The van der Waals surface area contributed by atoms with Crippen molar-refractivity contribution in [2.75, 3.05) is 26.2 Å². The summed E-state index contributed by atoms with van der Waals surface area (Å²) in [4.78, 5) is 14.4. The summed E-state index contributed by atoms with van der Waals surface area (Å²) in [5.41, 5.74) is 0.786. The first-order chi connectivity index (χ1) is 9.19. The second kappa shape index (κ2) is 7.17. The third-order valence-corrected chi connectivity index (χ3v) is 4.26. The molecule has 2 rings (SSSR count). The summed E-state index contributed by atoms with van der Waals surface area (Å²) < 4.78 is 0.996. The quantitative estimate of drug-likeness (QED) is 0.817. The van der Waals surface area contributed by atoms with E-state index in [1.165, 1.54) is 0 Å². The Hall–Kier alpha value is -0.710. The summed E-state index contributed by atoms with van der Waals surface area (Å²) in [7, 11) is 0. The van der Waals surface area contributed by atoms with Crippen LogP contribution in [0, 0.1) is 5.92 Å². The van der Waals surface area contributed by atoms with Gasteiger partial charge in [0.25, 0.3) is 0 Å². The molecule has 0 amide bonds. The Morgan fingerprint density at radius 1 is 1.37 bits per heavy atom. The zero-order valence-corrected chi connectivity index (χ0v) is 12.6. The van der Waals surface area contributed by atoms with Gasteiger partial charge >= 0.3 is 0 Å².